The molecule has 0 fully saturated rings. The number of nitrogens with zero attached hydrogens (tertiary/aromatic N) is 2. The Morgan fingerprint density at radius 3 is 2.82 bits per heavy atom. The highest BCUT2D eigenvalue weighted by atomic mass is 35.5. The van der Waals surface area contributed by atoms with Crippen LogP contribution >= 0.6 is 11.6 Å². The van der Waals surface area contributed by atoms with Gasteiger partial charge in [0.2, 0.25) is 0 Å². The van der Waals surface area contributed by atoms with Crippen LogP contribution in [-0.4, -0.2) is 28.9 Å². The third-order valence-corrected chi connectivity index (χ3v) is 4.67. The van der Waals surface area contributed by atoms with Crippen LogP contribution in [0.1, 0.15) is 27.9 Å². The van der Waals surface area contributed by atoms with Crippen LogP contribution in [0.2, 0.25) is 5.02 Å². The van der Waals surface area contributed by atoms with E-state index in [1.54, 1.807) is 18.3 Å². The van der Waals surface area contributed by atoms with Crippen molar-refractivity contribution in [2.75, 3.05) is 13.2 Å². The van der Waals surface area contributed by atoms with Crippen LogP contribution in [0.5, 0.6) is 11.5 Å². The molecule has 3 aromatic rings. The van der Waals surface area contributed by atoms with E-state index in [2.05, 4.69) is 22.5 Å². The van der Waals surface area contributed by atoms with Crippen molar-refractivity contribution < 1.29 is 14.3 Å². The number of benzene rings is 2. The van der Waals surface area contributed by atoms with Gasteiger partial charge in [0.15, 0.2) is 11.5 Å². The van der Waals surface area contributed by atoms with Gasteiger partial charge in [-0.3, -0.25) is 9.48 Å². The number of carbonyl (C=O) groups is 1. The summed E-state index contributed by atoms with van der Waals surface area (Å²) in [6.07, 6.45) is 4.46. The minimum Gasteiger partial charge on any atom is -0.489 e. The lowest BCUT2D eigenvalue weighted by atomic mass is 10.2. The second-order valence-electron chi connectivity index (χ2n) is 6.55. The topological polar surface area (TPSA) is 65.4 Å². The Morgan fingerprint density at radius 1 is 1.14 bits per heavy atom. The molecular weight excluding hydrogens is 378 g/mol. The van der Waals surface area contributed by atoms with E-state index < -0.39 is 0 Å². The van der Waals surface area contributed by atoms with Gasteiger partial charge in [0.05, 0.1) is 31.0 Å². The number of hydrogen-bond acceptors (Lipinski definition) is 4. The van der Waals surface area contributed by atoms with Crippen LogP contribution in [0.3, 0.4) is 0 Å². The van der Waals surface area contributed by atoms with E-state index in [0.29, 0.717) is 48.4 Å². The van der Waals surface area contributed by atoms with Crippen molar-refractivity contribution in [3.63, 3.8) is 0 Å². The summed E-state index contributed by atoms with van der Waals surface area (Å²) in [6, 6.07) is 13.4. The molecule has 7 heteroatoms. The Morgan fingerprint density at radius 2 is 1.96 bits per heavy atom. The summed E-state index contributed by atoms with van der Waals surface area (Å²) in [5, 5.41) is 7.62. The predicted octanol–water partition coefficient (Wildman–Crippen LogP) is 3.68. The maximum Gasteiger partial charge on any atom is 0.251 e. The van der Waals surface area contributed by atoms with Crippen LogP contribution in [0.4, 0.5) is 0 Å². The zero-order chi connectivity index (χ0) is 19.3. The number of halogens is 1. The zero-order valence-corrected chi connectivity index (χ0v) is 16.0. The maximum atomic E-state index is 12.5. The highest BCUT2D eigenvalue weighted by Gasteiger charge is 2.18. The molecule has 0 radical (unpaired) electrons. The molecule has 0 spiro atoms. The monoisotopic (exact) mass is 397 g/mol. The van der Waals surface area contributed by atoms with E-state index in [4.69, 9.17) is 21.1 Å². The molecule has 0 saturated carbocycles. The summed E-state index contributed by atoms with van der Waals surface area (Å²) >= 11 is 6.26. The summed E-state index contributed by atoms with van der Waals surface area (Å²) < 4.78 is 13.1. The molecule has 1 aliphatic heterocycles. The second kappa shape index (κ2) is 8.35. The molecule has 0 saturated heterocycles. The highest BCUT2D eigenvalue weighted by molar-refractivity contribution is 6.32. The molecule has 0 unspecified atom stereocenters. The maximum absolute atomic E-state index is 12.5. The highest BCUT2D eigenvalue weighted by Crippen LogP contribution is 2.37. The average molecular weight is 398 g/mol. The van der Waals surface area contributed by atoms with E-state index in [1.807, 2.05) is 29.1 Å². The molecule has 6 nitrogen and oxygen atoms in total. The first-order valence-corrected chi connectivity index (χ1v) is 9.49. The molecule has 0 bridgehead atoms. The molecule has 2 aromatic carbocycles. The standard InChI is InChI=1S/C21H20ClN3O3/c22-18-9-17(10-19-20(18)28-8-4-7-27-19)21(26)23-11-16-12-24-25(14-16)13-15-5-2-1-3-6-15/h1-3,5-6,9-10,12,14H,4,7-8,11,13H2,(H,23,26). The van der Waals surface area contributed by atoms with Crippen molar-refractivity contribution in [3.8, 4) is 11.5 Å². The van der Waals surface area contributed by atoms with Crippen molar-refractivity contribution in [1.82, 2.24) is 15.1 Å². The molecule has 2 heterocycles. The Labute approximate surface area is 168 Å². The summed E-state index contributed by atoms with van der Waals surface area (Å²) in [5.74, 6) is 0.775. The zero-order valence-electron chi connectivity index (χ0n) is 15.2. The van der Waals surface area contributed by atoms with Gasteiger partial charge in [-0.2, -0.15) is 5.10 Å². The first kappa shape index (κ1) is 18.4. The van der Waals surface area contributed by atoms with Gasteiger partial charge in [-0.15, -0.1) is 0 Å². The fourth-order valence-corrected chi connectivity index (χ4v) is 3.27. The minimum atomic E-state index is -0.228. The third-order valence-electron chi connectivity index (χ3n) is 4.39. The molecule has 28 heavy (non-hydrogen) atoms. The van der Waals surface area contributed by atoms with Gasteiger partial charge in [-0.05, 0) is 17.7 Å². The number of aromatic nitrogens is 2. The van der Waals surface area contributed by atoms with Crippen molar-refractivity contribution in [2.24, 2.45) is 0 Å². The fourth-order valence-electron chi connectivity index (χ4n) is 3.00. The van der Waals surface area contributed by atoms with Gasteiger partial charge in [0.1, 0.15) is 0 Å². The Hall–Kier alpha value is -2.99. The Kier molecular flexibility index (Phi) is 5.48. The van der Waals surface area contributed by atoms with Crippen LogP contribution in [0, 0.1) is 0 Å². The minimum absolute atomic E-state index is 0.228. The lowest BCUT2D eigenvalue weighted by Crippen LogP contribution is -2.22. The van der Waals surface area contributed by atoms with Crippen LogP contribution in [-0.2, 0) is 13.1 Å². The molecular formula is C21H20ClN3O3. The first-order chi connectivity index (χ1) is 13.7. The lowest BCUT2D eigenvalue weighted by Gasteiger charge is -2.11. The molecule has 0 aliphatic carbocycles. The molecule has 0 atom stereocenters. The van der Waals surface area contributed by atoms with Gasteiger partial charge >= 0.3 is 0 Å². The van der Waals surface area contributed by atoms with Gasteiger partial charge in [-0.1, -0.05) is 41.9 Å². The first-order valence-electron chi connectivity index (χ1n) is 9.11. The predicted molar refractivity (Wildman–Crippen MR) is 106 cm³/mol. The SMILES string of the molecule is O=C(NCc1cnn(Cc2ccccc2)c1)c1cc(Cl)c2c(c1)OCCCO2. The second-order valence-corrected chi connectivity index (χ2v) is 6.96. The van der Waals surface area contributed by atoms with Crippen molar-refractivity contribution in [1.29, 1.82) is 0 Å². The fraction of sp³-hybridized carbons (Fsp3) is 0.238. The van der Waals surface area contributed by atoms with Crippen molar-refractivity contribution in [2.45, 2.75) is 19.5 Å². The third kappa shape index (κ3) is 4.28. The van der Waals surface area contributed by atoms with E-state index in [1.165, 1.54) is 5.56 Å². The van der Waals surface area contributed by atoms with Crippen molar-refractivity contribution >= 4 is 17.5 Å². The van der Waals surface area contributed by atoms with Gasteiger partial charge in [-0.25, -0.2) is 0 Å². The number of rotatable bonds is 5. The van der Waals surface area contributed by atoms with Gasteiger partial charge in [0.25, 0.3) is 5.91 Å². The molecule has 1 amide bonds. The lowest BCUT2D eigenvalue weighted by molar-refractivity contribution is 0.0950. The summed E-state index contributed by atoms with van der Waals surface area (Å²) in [6.45, 7) is 2.15. The molecule has 1 aliphatic rings. The smallest absolute Gasteiger partial charge is 0.251 e. The molecule has 144 valence electrons. The van der Waals surface area contributed by atoms with Gasteiger partial charge in [0, 0.05) is 30.3 Å². The van der Waals surface area contributed by atoms with Crippen LogP contribution in [0.15, 0.2) is 54.9 Å². The van der Waals surface area contributed by atoms with Gasteiger partial charge < -0.3 is 14.8 Å². The quantitative estimate of drug-likeness (QED) is 0.713. The number of hydrogen-bond donors (Lipinski definition) is 1. The number of fused-ring (bicyclic) bond motifs is 1. The summed E-state index contributed by atoms with van der Waals surface area (Å²) in [4.78, 5) is 12.5. The largest absolute Gasteiger partial charge is 0.489 e. The van der Waals surface area contributed by atoms with Crippen molar-refractivity contribution in [3.05, 3.63) is 76.6 Å². The molecule has 1 N–H and O–H groups in total. The van der Waals surface area contributed by atoms with E-state index in [0.717, 1.165) is 12.0 Å². The average Bonchev–Trinajstić information content (AvgIpc) is 3.00. The number of amides is 1. The van der Waals surface area contributed by atoms with E-state index >= 15 is 0 Å². The number of carbonyl (C=O) groups excluding carboxylic acids is 1. The van der Waals surface area contributed by atoms with Crippen LogP contribution in [0.25, 0.3) is 0 Å². The van der Waals surface area contributed by atoms with Crippen LogP contribution < -0.4 is 14.8 Å². The Bertz CT molecular complexity index is 972. The normalized spacial score (nSPS) is 13.0. The number of ether oxygens (including phenoxy) is 2. The summed E-state index contributed by atoms with van der Waals surface area (Å²) in [5.41, 5.74) is 2.53. The van der Waals surface area contributed by atoms with E-state index in [9.17, 15) is 4.79 Å². The summed E-state index contributed by atoms with van der Waals surface area (Å²) in [7, 11) is 0. The number of nitrogens with one attached hydrogen (secondary N) is 1. The molecule has 1 aromatic heterocycles. The molecule has 4 rings (SSSR count). The van der Waals surface area contributed by atoms with E-state index in [-0.39, 0.29) is 5.91 Å². The Balaban J connectivity index is 1.40.